The molecule has 0 radical (unpaired) electrons. The van der Waals surface area contributed by atoms with Gasteiger partial charge in [0.2, 0.25) is 0 Å². The van der Waals surface area contributed by atoms with Crippen LogP contribution in [-0.2, 0) is 5.41 Å². The zero-order valence-corrected chi connectivity index (χ0v) is 24.1. The Labute approximate surface area is 248 Å². The van der Waals surface area contributed by atoms with E-state index in [-0.39, 0.29) is 33.2 Å². The van der Waals surface area contributed by atoms with E-state index in [4.69, 9.17) is 4.74 Å². The maximum absolute atomic E-state index is 14.5. The largest absolute Gasteiger partial charge is 0.496 e. The van der Waals surface area contributed by atoms with Gasteiger partial charge >= 0.3 is 0 Å². The zero-order chi connectivity index (χ0) is 29.6. The third-order valence-electron chi connectivity index (χ3n) is 8.11. The van der Waals surface area contributed by atoms with E-state index in [9.17, 15) is 23.2 Å². The fraction of sp³-hybridized carbons (Fsp3) is 0.226. The summed E-state index contributed by atoms with van der Waals surface area (Å²) in [5.41, 5.74) is 2.53. The van der Waals surface area contributed by atoms with E-state index in [1.807, 2.05) is 0 Å². The lowest BCUT2D eigenvalue weighted by molar-refractivity contribution is 0.0670. The number of fused-ring (bicyclic) bond motifs is 2. The lowest BCUT2D eigenvalue weighted by Gasteiger charge is -2.40. The van der Waals surface area contributed by atoms with Crippen molar-refractivity contribution < 1.29 is 23.1 Å². The smallest absolute Gasteiger partial charge is 0.264 e. The van der Waals surface area contributed by atoms with Gasteiger partial charge in [0.05, 0.1) is 22.8 Å². The molecule has 1 saturated heterocycles. The number of nitrogens with one attached hydrogen (secondary N) is 1. The molecule has 1 fully saturated rings. The number of ether oxygens (including phenoxy) is 1. The number of nitrogens with zero attached hydrogens (tertiary/aromatic N) is 3. The van der Waals surface area contributed by atoms with Gasteiger partial charge in [-0.2, -0.15) is 5.10 Å². The van der Waals surface area contributed by atoms with Crippen LogP contribution in [0.5, 0.6) is 5.75 Å². The van der Waals surface area contributed by atoms with Crippen LogP contribution in [0, 0.1) is 11.6 Å². The van der Waals surface area contributed by atoms with Crippen molar-refractivity contribution in [1.29, 1.82) is 0 Å². The fourth-order valence-electron chi connectivity index (χ4n) is 5.87. The Morgan fingerprint density at radius 2 is 1.71 bits per heavy atom. The third-order valence-corrected chi connectivity index (χ3v) is 8.72. The molecule has 3 heterocycles. The van der Waals surface area contributed by atoms with Crippen LogP contribution < -0.4 is 15.2 Å². The molecule has 2 amide bonds. The lowest BCUT2D eigenvalue weighted by atomic mass is 9.74. The Hall–Kier alpha value is -4.38. The number of carbonyl (C=O) groups is 2. The molecule has 8 nitrogen and oxygen atoms in total. The molecule has 0 saturated carbocycles. The number of rotatable bonds is 4. The van der Waals surface area contributed by atoms with Gasteiger partial charge in [0.25, 0.3) is 17.4 Å². The summed E-state index contributed by atoms with van der Waals surface area (Å²) in [6.45, 7) is 1.14. The van der Waals surface area contributed by atoms with E-state index in [0.29, 0.717) is 49.4 Å². The minimum absolute atomic E-state index is 0.105. The van der Waals surface area contributed by atoms with E-state index >= 15 is 0 Å². The molecule has 3 aromatic carbocycles. The minimum Gasteiger partial charge on any atom is -0.496 e. The second-order valence-electron chi connectivity index (χ2n) is 10.5. The van der Waals surface area contributed by atoms with E-state index in [2.05, 4.69) is 26.1 Å². The first-order valence-corrected chi connectivity index (χ1v) is 14.1. The van der Waals surface area contributed by atoms with Gasteiger partial charge in [-0.05, 0) is 76.8 Å². The quantitative estimate of drug-likeness (QED) is 0.328. The number of halogens is 3. The van der Waals surface area contributed by atoms with Crippen molar-refractivity contribution >= 4 is 33.4 Å². The number of anilines is 1. The van der Waals surface area contributed by atoms with Crippen LogP contribution in [0.2, 0.25) is 0 Å². The summed E-state index contributed by atoms with van der Waals surface area (Å²) in [5, 5.41) is 6.42. The second kappa shape index (κ2) is 10.8. The van der Waals surface area contributed by atoms with Crippen LogP contribution >= 0.6 is 15.9 Å². The number of aromatic nitrogens is 2. The number of aromatic amines is 1. The van der Waals surface area contributed by atoms with Gasteiger partial charge in [-0.1, -0.05) is 12.1 Å². The first-order chi connectivity index (χ1) is 20.2. The molecule has 2 aliphatic heterocycles. The van der Waals surface area contributed by atoms with Crippen LogP contribution in [-0.4, -0.2) is 53.7 Å². The second-order valence-corrected chi connectivity index (χ2v) is 11.3. The summed E-state index contributed by atoms with van der Waals surface area (Å²) in [7, 11) is 1.37. The first-order valence-electron chi connectivity index (χ1n) is 13.3. The van der Waals surface area contributed by atoms with Crippen molar-refractivity contribution in [3.05, 3.63) is 110 Å². The summed E-state index contributed by atoms with van der Waals surface area (Å²) in [4.78, 5) is 41.8. The van der Waals surface area contributed by atoms with Gasteiger partial charge in [-0.3, -0.25) is 14.4 Å². The normalized spacial score (nSPS) is 15.5. The molecule has 0 atom stereocenters. The maximum atomic E-state index is 14.5. The molecule has 1 spiro atoms. The number of carbonyl (C=O) groups excluding carboxylic acids is 2. The third kappa shape index (κ3) is 4.87. The number of amides is 2. The van der Waals surface area contributed by atoms with Crippen LogP contribution in [0.25, 0.3) is 11.3 Å². The average molecular weight is 635 g/mol. The summed E-state index contributed by atoms with van der Waals surface area (Å²) >= 11 is 3.15. The molecule has 1 aromatic heterocycles. The van der Waals surface area contributed by atoms with Gasteiger partial charge in [0, 0.05) is 54.0 Å². The van der Waals surface area contributed by atoms with Crippen molar-refractivity contribution in [1.82, 2.24) is 15.1 Å². The molecule has 4 aromatic rings. The Bertz CT molecular complexity index is 1750. The number of likely N-dealkylation sites (tertiary alicyclic amines) is 1. The Morgan fingerprint density at radius 1 is 0.976 bits per heavy atom. The van der Waals surface area contributed by atoms with Crippen molar-refractivity contribution in [3.63, 3.8) is 0 Å². The number of benzene rings is 3. The molecule has 1 N–H and O–H groups in total. The highest BCUT2D eigenvalue weighted by Gasteiger charge is 2.47. The number of methoxy groups -OCH3 is 1. The van der Waals surface area contributed by atoms with E-state index in [1.165, 1.54) is 31.4 Å². The number of piperidine rings is 1. The highest BCUT2D eigenvalue weighted by Crippen LogP contribution is 2.48. The molecule has 0 aliphatic carbocycles. The minimum atomic E-state index is -0.552. The van der Waals surface area contributed by atoms with Gasteiger partial charge in [-0.15, -0.1) is 0 Å². The maximum Gasteiger partial charge on any atom is 0.264 e. The SMILES string of the molecule is COc1cc(F)c(Br)cc1C(=O)N1CC2(CCN(C(=O)c3ccc(-c4ccc(=O)[nH]n4)cc3)CC2)c2cc(F)ccc21. The molecule has 42 heavy (non-hydrogen) atoms. The summed E-state index contributed by atoms with van der Waals surface area (Å²) in [6.07, 6.45) is 1.06. The van der Waals surface area contributed by atoms with Crippen molar-refractivity contribution in [2.45, 2.75) is 18.3 Å². The predicted octanol–water partition coefficient (Wildman–Crippen LogP) is 5.32. The molecular weight excluding hydrogens is 610 g/mol. The zero-order valence-electron chi connectivity index (χ0n) is 22.5. The monoisotopic (exact) mass is 634 g/mol. The molecule has 2 aliphatic rings. The average Bonchev–Trinajstić information content (AvgIpc) is 3.31. The first kappa shape index (κ1) is 27.8. The summed E-state index contributed by atoms with van der Waals surface area (Å²) in [6, 6.07) is 17.0. The predicted molar refractivity (Wildman–Crippen MR) is 156 cm³/mol. The molecule has 6 rings (SSSR count). The Kier molecular flexibility index (Phi) is 7.14. The van der Waals surface area contributed by atoms with Gasteiger partial charge < -0.3 is 14.5 Å². The highest BCUT2D eigenvalue weighted by atomic mass is 79.9. The standard InChI is InChI=1S/C31H25BrF2N4O4/c1-42-27-16-24(34)23(32)15-21(27)30(41)38-17-31(22-14-20(33)6-8-26(22)38)10-12-37(13-11-31)29(40)19-4-2-18(3-5-19)25-7-9-28(39)36-35-25/h2-9,14-16H,10-13,17H2,1H3,(H,36,39). The molecular formula is C31H25BrF2N4O4. The van der Waals surface area contributed by atoms with Crippen LogP contribution in [0.3, 0.4) is 0 Å². The summed E-state index contributed by atoms with van der Waals surface area (Å²) in [5.74, 6) is -1.36. The van der Waals surface area contributed by atoms with Crippen molar-refractivity contribution in [2.75, 3.05) is 31.6 Å². The van der Waals surface area contributed by atoms with Crippen LogP contribution in [0.15, 0.2) is 76.0 Å². The van der Waals surface area contributed by atoms with E-state index < -0.39 is 17.0 Å². The molecule has 0 unspecified atom stereocenters. The molecule has 0 bridgehead atoms. The Balaban J connectivity index is 1.22. The lowest BCUT2D eigenvalue weighted by Crippen LogP contribution is -2.47. The summed E-state index contributed by atoms with van der Waals surface area (Å²) < 4.78 is 34.1. The molecule has 11 heteroatoms. The highest BCUT2D eigenvalue weighted by molar-refractivity contribution is 9.10. The Morgan fingerprint density at radius 3 is 2.38 bits per heavy atom. The van der Waals surface area contributed by atoms with Gasteiger partial charge in [0.15, 0.2) is 0 Å². The van der Waals surface area contributed by atoms with Crippen molar-refractivity contribution in [2.24, 2.45) is 0 Å². The number of hydrogen-bond acceptors (Lipinski definition) is 5. The molecule has 214 valence electrons. The van der Waals surface area contributed by atoms with Gasteiger partial charge in [0.1, 0.15) is 17.4 Å². The number of hydrogen-bond donors (Lipinski definition) is 1. The topological polar surface area (TPSA) is 95.6 Å². The fourth-order valence-corrected chi connectivity index (χ4v) is 6.21. The van der Waals surface area contributed by atoms with Crippen LogP contribution in [0.4, 0.5) is 14.5 Å². The van der Waals surface area contributed by atoms with E-state index in [1.54, 1.807) is 46.2 Å². The van der Waals surface area contributed by atoms with Gasteiger partial charge in [-0.25, -0.2) is 13.9 Å². The van der Waals surface area contributed by atoms with E-state index in [0.717, 1.165) is 17.2 Å². The van der Waals surface area contributed by atoms with Crippen LogP contribution in [0.1, 0.15) is 39.1 Å². The van der Waals surface area contributed by atoms with Crippen molar-refractivity contribution in [3.8, 4) is 17.0 Å². The number of H-pyrrole nitrogens is 1.